The summed E-state index contributed by atoms with van der Waals surface area (Å²) in [5.41, 5.74) is 0. The maximum Gasteiger partial charge on any atom is 0.240 e. The lowest BCUT2D eigenvalue weighted by Gasteiger charge is -2.20. The zero-order valence-corrected chi connectivity index (χ0v) is 10.4. The molecule has 0 aromatic heterocycles. The summed E-state index contributed by atoms with van der Waals surface area (Å²) < 4.78 is 0. The van der Waals surface area contributed by atoms with Crippen molar-refractivity contribution >= 4 is 5.91 Å². The highest BCUT2D eigenvalue weighted by Crippen LogP contribution is 2.18. The van der Waals surface area contributed by atoms with Crippen molar-refractivity contribution in [3.05, 3.63) is 0 Å². The Bertz CT molecular complexity index is 216. The summed E-state index contributed by atoms with van der Waals surface area (Å²) in [6.07, 6.45) is 4.56. The number of hydrogen-bond acceptors (Lipinski definition) is 2. The van der Waals surface area contributed by atoms with Crippen LogP contribution < -0.4 is 5.32 Å². The van der Waals surface area contributed by atoms with Crippen molar-refractivity contribution < 1.29 is 4.79 Å². The molecule has 88 valence electrons. The van der Waals surface area contributed by atoms with E-state index in [1.807, 2.05) is 11.9 Å². The van der Waals surface area contributed by atoms with E-state index in [2.05, 4.69) is 26.1 Å². The zero-order valence-electron chi connectivity index (χ0n) is 10.4. The molecule has 0 aromatic carbocycles. The van der Waals surface area contributed by atoms with Crippen LogP contribution in [-0.2, 0) is 4.79 Å². The van der Waals surface area contributed by atoms with E-state index in [1.54, 1.807) is 0 Å². The van der Waals surface area contributed by atoms with Crippen LogP contribution in [0.2, 0.25) is 0 Å². The van der Waals surface area contributed by atoms with E-state index in [9.17, 15) is 4.79 Å². The maximum atomic E-state index is 11.9. The quantitative estimate of drug-likeness (QED) is 0.755. The average Bonchev–Trinajstić information content (AvgIpc) is 2.42. The topological polar surface area (TPSA) is 32.3 Å². The van der Waals surface area contributed by atoms with Crippen LogP contribution in [0.5, 0.6) is 0 Å². The Morgan fingerprint density at radius 3 is 2.67 bits per heavy atom. The largest absolute Gasteiger partial charge is 0.329 e. The van der Waals surface area contributed by atoms with Crippen LogP contribution in [0.1, 0.15) is 46.5 Å². The molecule has 0 bridgehead atoms. The van der Waals surface area contributed by atoms with Crippen molar-refractivity contribution in [2.75, 3.05) is 7.05 Å². The summed E-state index contributed by atoms with van der Waals surface area (Å²) in [6, 6.07) is 0.0682. The fourth-order valence-electron chi connectivity index (χ4n) is 2.10. The van der Waals surface area contributed by atoms with Gasteiger partial charge in [0, 0.05) is 7.05 Å². The van der Waals surface area contributed by atoms with Gasteiger partial charge in [0.25, 0.3) is 0 Å². The van der Waals surface area contributed by atoms with Crippen LogP contribution >= 0.6 is 0 Å². The molecule has 0 saturated carbocycles. The fraction of sp³-hybridized carbons (Fsp3) is 0.917. The maximum absolute atomic E-state index is 11.9. The second-order valence-electron chi connectivity index (χ2n) is 4.96. The highest BCUT2D eigenvalue weighted by Gasteiger charge is 2.35. The highest BCUT2D eigenvalue weighted by molar-refractivity contribution is 5.84. The first kappa shape index (κ1) is 12.5. The van der Waals surface area contributed by atoms with E-state index in [0.717, 1.165) is 25.7 Å². The molecule has 2 atom stereocenters. The molecule has 1 amide bonds. The molecule has 2 unspecified atom stereocenters. The van der Waals surface area contributed by atoms with Gasteiger partial charge in [0.1, 0.15) is 0 Å². The molecule has 3 heteroatoms. The van der Waals surface area contributed by atoms with Gasteiger partial charge < -0.3 is 4.90 Å². The Morgan fingerprint density at radius 2 is 2.13 bits per heavy atom. The first-order valence-corrected chi connectivity index (χ1v) is 6.09. The van der Waals surface area contributed by atoms with E-state index in [1.165, 1.54) is 0 Å². The Labute approximate surface area is 93.2 Å². The number of nitrogens with one attached hydrogen (secondary N) is 1. The molecule has 0 spiro atoms. The number of carbonyl (C=O) groups is 1. The third kappa shape index (κ3) is 3.20. The van der Waals surface area contributed by atoms with Crippen LogP contribution in [-0.4, -0.2) is 30.1 Å². The Hall–Kier alpha value is -0.570. The molecule has 1 rings (SSSR count). The average molecular weight is 212 g/mol. The molecular formula is C12H24N2O. The van der Waals surface area contributed by atoms with Crippen molar-refractivity contribution in [1.29, 1.82) is 0 Å². The van der Waals surface area contributed by atoms with Crippen molar-refractivity contribution in [3.8, 4) is 0 Å². The van der Waals surface area contributed by atoms with Crippen molar-refractivity contribution in [2.45, 2.75) is 58.7 Å². The Morgan fingerprint density at radius 1 is 1.47 bits per heavy atom. The number of nitrogens with zero attached hydrogens (tertiary/aromatic N) is 1. The summed E-state index contributed by atoms with van der Waals surface area (Å²) in [6.45, 7) is 6.55. The van der Waals surface area contributed by atoms with Gasteiger partial charge in [-0.2, -0.15) is 0 Å². The van der Waals surface area contributed by atoms with Gasteiger partial charge in [-0.3, -0.25) is 10.1 Å². The normalized spacial score (nSPS) is 26.7. The van der Waals surface area contributed by atoms with Crippen LogP contribution in [0.3, 0.4) is 0 Å². The minimum Gasteiger partial charge on any atom is -0.329 e. The van der Waals surface area contributed by atoms with Gasteiger partial charge >= 0.3 is 0 Å². The summed E-state index contributed by atoms with van der Waals surface area (Å²) in [7, 11) is 1.91. The summed E-state index contributed by atoms with van der Waals surface area (Å²) in [5.74, 6) is 0.900. The monoisotopic (exact) mass is 212 g/mol. The van der Waals surface area contributed by atoms with Gasteiger partial charge in [0.2, 0.25) is 5.91 Å². The number of rotatable bonds is 5. The van der Waals surface area contributed by atoms with Gasteiger partial charge in [-0.15, -0.1) is 0 Å². The molecule has 1 heterocycles. The number of unbranched alkanes of at least 4 members (excludes halogenated alkanes) is 1. The van der Waals surface area contributed by atoms with E-state index in [0.29, 0.717) is 5.92 Å². The smallest absolute Gasteiger partial charge is 0.240 e. The second kappa shape index (κ2) is 5.50. The molecule has 0 aliphatic carbocycles. The SMILES string of the molecule is CCCCC1NC(CC(C)C)N(C)C1=O. The highest BCUT2D eigenvalue weighted by atomic mass is 16.2. The van der Waals surface area contributed by atoms with E-state index in [-0.39, 0.29) is 18.1 Å². The zero-order chi connectivity index (χ0) is 11.4. The lowest BCUT2D eigenvalue weighted by atomic mass is 10.1. The van der Waals surface area contributed by atoms with E-state index >= 15 is 0 Å². The Kier molecular flexibility index (Phi) is 4.58. The summed E-state index contributed by atoms with van der Waals surface area (Å²) in [5, 5.41) is 3.43. The molecule has 1 N–H and O–H groups in total. The minimum atomic E-state index is 0.0682. The first-order chi connectivity index (χ1) is 7.06. The molecule has 1 aliphatic heterocycles. The third-order valence-electron chi connectivity index (χ3n) is 3.05. The van der Waals surface area contributed by atoms with Crippen LogP contribution in [0.15, 0.2) is 0 Å². The molecule has 1 fully saturated rings. The number of likely N-dealkylation sites (N-methyl/N-ethyl adjacent to an activating group) is 1. The lowest BCUT2D eigenvalue weighted by molar-refractivity contribution is -0.129. The molecular weight excluding hydrogens is 188 g/mol. The van der Waals surface area contributed by atoms with Crippen molar-refractivity contribution in [3.63, 3.8) is 0 Å². The number of carbonyl (C=O) groups excluding carboxylic acids is 1. The Balaban J connectivity index is 2.47. The summed E-state index contributed by atoms with van der Waals surface area (Å²) in [4.78, 5) is 13.7. The molecule has 0 aromatic rings. The molecule has 1 aliphatic rings. The van der Waals surface area contributed by atoms with E-state index < -0.39 is 0 Å². The second-order valence-corrected chi connectivity index (χ2v) is 4.96. The predicted molar refractivity (Wildman–Crippen MR) is 62.5 cm³/mol. The van der Waals surface area contributed by atoms with E-state index in [4.69, 9.17) is 0 Å². The first-order valence-electron chi connectivity index (χ1n) is 6.09. The number of hydrogen-bond donors (Lipinski definition) is 1. The third-order valence-corrected chi connectivity index (χ3v) is 3.05. The van der Waals surface area contributed by atoms with Crippen LogP contribution in [0.4, 0.5) is 0 Å². The molecule has 15 heavy (non-hydrogen) atoms. The number of amides is 1. The lowest BCUT2D eigenvalue weighted by Crippen LogP contribution is -2.35. The van der Waals surface area contributed by atoms with Crippen LogP contribution in [0.25, 0.3) is 0 Å². The van der Waals surface area contributed by atoms with Crippen molar-refractivity contribution in [1.82, 2.24) is 10.2 Å². The molecule has 1 saturated heterocycles. The minimum absolute atomic E-state index is 0.0682. The summed E-state index contributed by atoms with van der Waals surface area (Å²) >= 11 is 0. The van der Waals surface area contributed by atoms with Crippen molar-refractivity contribution in [2.24, 2.45) is 5.92 Å². The van der Waals surface area contributed by atoms with Gasteiger partial charge in [0.05, 0.1) is 12.2 Å². The fourth-order valence-corrected chi connectivity index (χ4v) is 2.10. The van der Waals surface area contributed by atoms with Gasteiger partial charge in [-0.25, -0.2) is 0 Å². The van der Waals surface area contributed by atoms with Gasteiger partial charge in [-0.1, -0.05) is 33.6 Å². The molecule has 3 nitrogen and oxygen atoms in total. The predicted octanol–water partition coefficient (Wildman–Crippen LogP) is 1.98. The van der Waals surface area contributed by atoms with Gasteiger partial charge in [0.15, 0.2) is 0 Å². The standard InChI is InChI=1S/C12H24N2O/c1-5-6-7-10-12(15)14(4)11(13-10)8-9(2)3/h9-11,13H,5-8H2,1-4H3. The van der Waals surface area contributed by atoms with Crippen LogP contribution in [0, 0.1) is 5.92 Å². The molecule has 0 radical (unpaired) electrons. The van der Waals surface area contributed by atoms with Gasteiger partial charge in [-0.05, 0) is 18.8 Å².